The average molecular weight is 563 g/mol. The maximum atomic E-state index is 2.51. The van der Waals surface area contributed by atoms with Gasteiger partial charge in [-0.25, -0.2) is 0 Å². The van der Waals surface area contributed by atoms with Crippen molar-refractivity contribution in [2.45, 2.75) is 38.5 Å². The molecule has 0 amide bonds. The van der Waals surface area contributed by atoms with Crippen molar-refractivity contribution < 1.29 is 0 Å². The van der Waals surface area contributed by atoms with E-state index < -0.39 is 0 Å². The molecule has 2 aliphatic carbocycles. The second kappa shape index (κ2) is 8.80. The van der Waals surface area contributed by atoms with Gasteiger partial charge in [0, 0.05) is 10.8 Å². The smallest absolute Gasteiger partial charge is 0.0162 e. The Labute approximate surface area is 259 Å². The molecule has 0 aromatic heterocycles. The molecule has 0 fully saturated rings. The van der Waals surface area contributed by atoms with E-state index in [0.29, 0.717) is 0 Å². The number of fused-ring (bicyclic) bond motifs is 9. The highest BCUT2D eigenvalue weighted by molar-refractivity contribution is 6.21. The molecular weight excluding hydrogens is 528 g/mol. The van der Waals surface area contributed by atoms with Crippen LogP contribution in [0.25, 0.3) is 66.1 Å². The first-order valence-corrected chi connectivity index (χ1v) is 15.8. The Bertz CT molecular complexity index is 2260. The van der Waals surface area contributed by atoms with Gasteiger partial charge in [-0.05, 0) is 94.4 Å². The molecule has 0 saturated heterocycles. The number of hydrogen-bond donors (Lipinski definition) is 0. The maximum absolute atomic E-state index is 2.51. The van der Waals surface area contributed by atoms with E-state index >= 15 is 0 Å². The Morgan fingerprint density at radius 2 is 0.773 bits per heavy atom. The third kappa shape index (κ3) is 3.23. The van der Waals surface area contributed by atoms with E-state index in [-0.39, 0.29) is 10.8 Å². The standard InChI is InChI=1S/C44H34/c1-43(2)37-21-13-12-16-29(37)35-24-25-36-30-23-22-28(26-38(30)44(3,4)42(36)41(35)43)40-33-19-10-8-17-31(33)39(27-14-6-5-7-15-27)32-18-9-11-20-34(32)40/h5-26H,1-4H3. The number of hydrogen-bond acceptors (Lipinski definition) is 0. The summed E-state index contributed by atoms with van der Waals surface area (Å²) in [4.78, 5) is 0. The van der Waals surface area contributed by atoms with Crippen molar-refractivity contribution >= 4 is 21.5 Å². The molecule has 9 rings (SSSR count). The van der Waals surface area contributed by atoms with Crippen molar-refractivity contribution in [3.63, 3.8) is 0 Å². The highest BCUT2D eigenvalue weighted by Crippen LogP contribution is 2.59. The molecule has 0 spiro atoms. The maximum Gasteiger partial charge on any atom is 0.0162 e. The molecule has 2 aliphatic rings. The van der Waals surface area contributed by atoms with E-state index in [1.54, 1.807) is 0 Å². The van der Waals surface area contributed by atoms with Gasteiger partial charge in [-0.1, -0.05) is 155 Å². The number of benzene rings is 7. The lowest BCUT2D eigenvalue weighted by Gasteiger charge is -2.31. The first-order valence-electron chi connectivity index (χ1n) is 15.8. The van der Waals surface area contributed by atoms with Gasteiger partial charge in [0.2, 0.25) is 0 Å². The van der Waals surface area contributed by atoms with Gasteiger partial charge in [0.1, 0.15) is 0 Å². The summed E-state index contributed by atoms with van der Waals surface area (Å²) in [6.07, 6.45) is 0. The first-order chi connectivity index (χ1) is 21.4. The van der Waals surface area contributed by atoms with Crippen LogP contribution in [-0.2, 0) is 10.8 Å². The summed E-state index contributed by atoms with van der Waals surface area (Å²) in [7, 11) is 0. The second-order valence-corrected chi connectivity index (χ2v) is 13.7. The molecule has 0 heterocycles. The van der Waals surface area contributed by atoms with Crippen LogP contribution in [0.4, 0.5) is 0 Å². The molecule has 7 aromatic carbocycles. The zero-order valence-corrected chi connectivity index (χ0v) is 25.7. The molecule has 0 nitrogen and oxygen atoms in total. The second-order valence-electron chi connectivity index (χ2n) is 13.7. The van der Waals surface area contributed by atoms with E-state index in [1.807, 2.05) is 0 Å². The van der Waals surface area contributed by atoms with E-state index in [2.05, 4.69) is 161 Å². The minimum atomic E-state index is -0.124. The van der Waals surface area contributed by atoms with Crippen molar-refractivity contribution in [2.24, 2.45) is 0 Å². The van der Waals surface area contributed by atoms with Crippen molar-refractivity contribution in [2.75, 3.05) is 0 Å². The molecule has 0 aliphatic heterocycles. The largest absolute Gasteiger partial charge is 0.0622 e. The summed E-state index contributed by atoms with van der Waals surface area (Å²) in [5, 5.41) is 5.20. The summed E-state index contributed by atoms with van der Waals surface area (Å²) < 4.78 is 0. The Kier molecular flexibility index (Phi) is 5.11. The fraction of sp³-hybridized carbons (Fsp3) is 0.136. The van der Waals surface area contributed by atoms with Crippen LogP contribution in [0.3, 0.4) is 0 Å². The van der Waals surface area contributed by atoms with Gasteiger partial charge in [0.25, 0.3) is 0 Å². The van der Waals surface area contributed by atoms with Crippen LogP contribution in [0.15, 0.2) is 133 Å². The summed E-state index contributed by atoms with van der Waals surface area (Å²) in [6, 6.07) is 49.8. The summed E-state index contributed by atoms with van der Waals surface area (Å²) >= 11 is 0. The first kappa shape index (κ1) is 25.5. The normalized spacial score (nSPS) is 15.2. The molecular formula is C44H34. The van der Waals surface area contributed by atoms with E-state index in [0.717, 1.165) is 0 Å². The monoisotopic (exact) mass is 562 g/mol. The molecule has 0 saturated carbocycles. The lowest BCUT2D eigenvalue weighted by molar-refractivity contribution is 0.601. The van der Waals surface area contributed by atoms with Crippen molar-refractivity contribution in [1.29, 1.82) is 0 Å². The molecule has 210 valence electrons. The van der Waals surface area contributed by atoms with Crippen LogP contribution in [0.5, 0.6) is 0 Å². The van der Waals surface area contributed by atoms with Gasteiger partial charge >= 0.3 is 0 Å². The van der Waals surface area contributed by atoms with Gasteiger partial charge in [-0.2, -0.15) is 0 Å². The lowest BCUT2D eigenvalue weighted by atomic mass is 9.72. The van der Waals surface area contributed by atoms with Crippen molar-refractivity contribution in [3.8, 4) is 44.5 Å². The van der Waals surface area contributed by atoms with Gasteiger partial charge in [-0.3, -0.25) is 0 Å². The minimum Gasteiger partial charge on any atom is -0.0622 e. The van der Waals surface area contributed by atoms with Crippen molar-refractivity contribution in [1.82, 2.24) is 0 Å². The summed E-state index contributed by atoms with van der Waals surface area (Å²) in [5.74, 6) is 0. The van der Waals surface area contributed by atoms with Crippen molar-refractivity contribution in [3.05, 3.63) is 156 Å². The fourth-order valence-corrected chi connectivity index (χ4v) is 8.69. The lowest BCUT2D eigenvalue weighted by Crippen LogP contribution is -2.24. The van der Waals surface area contributed by atoms with Crippen LogP contribution < -0.4 is 0 Å². The topological polar surface area (TPSA) is 0 Å². The quantitative estimate of drug-likeness (QED) is 0.184. The van der Waals surface area contributed by atoms with Gasteiger partial charge in [0.15, 0.2) is 0 Å². The van der Waals surface area contributed by atoms with Crippen LogP contribution in [0.2, 0.25) is 0 Å². The molecule has 44 heavy (non-hydrogen) atoms. The molecule has 0 radical (unpaired) electrons. The predicted octanol–water partition coefficient (Wildman–Crippen LogP) is 11.9. The van der Waals surface area contributed by atoms with E-state index in [1.165, 1.54) is 88.3 Å². The summed E-state index contributed by atoms with van der Waals surface area (Å²) in [6.45, 7) is 9.70. The van der Waals surface area contributed by atoms with Crippen LogP contribution in [0.1, 0.15) is 49.9 Å². The highest BCUT2D eigenvalue weighted by Gasteiger charge is 2.45. The molecule has 0 atom stereocenters. The summed E-state index contributed by atoms with van der Waals surface area (Å²) in [5.41, 5.74) is 16.4. The van der Waals surface area contributed by atoms with Gasteiger partial charge < -0.3 is 0 Å². The zero-order valence-electron chi connectivity index (χ0n) is 25.7. The van der Waals surface area contributed by atoms with Crippen LogP contribution >= 0.6 is 0 Å². The third-order valence-corrected chi connectivity index (χ3v) is 10.6. The average Bonchev–Trinajstić information content (AvgIpc) is 3.43. The number of rotatable bonds is 2. The molecule has 0 unspecified atom stereocenters. The van der Waals surface area contributed by atoms with E-state index in [9.17, 15) is 0 Å². The Balaban J connectivity index is 1.30. The van der Waals surface area contributed by atoms with Crippen LogP contribution in [-0.4, -0.2) is 0 Å². The molecule has 7 aromatic rings. The SMILES string of the molecule is CC1(C)c2ccccc2-c2ccc3c(c21)C(C)(C)c1cc(-c2c4ccccc4c(-c4ccccc4)c4ccccc24)ccc1-3. The third-order valence-electron chi connectivity index (χ3n) is 10.6. The highest BCUT2D eigenvalue weighted by atomic mass is 14.5. The Hall–Kier alpha value is -4.94. The van der Waals surface area contributed by atoms with E-state index in [4.69, 9.17) is 0 Å². The molecule has 0 heteroatoms. The Morgan fingerprint density at radius 1 is 0.341 bits per heavy atom. The van der Waals surface area contributed by atoms with Gasteiger partial charge in [-0.15, -0.1) is 0 Å². The minimum absolute atomic E-state index is 0.0426. The van der Waals surface area contributed by atoms with Crippen LogP contribution in [0, 0.1) is 0 Å². The van der Waals surface area contributed by atoms with Gasteiger partial charge in [0.05, 0.1) is 0 Å². The molecule has 0 bridgehead atoms. The fourth-order valence-electron chi connectivity index (χ4n) is 8.69. The predicted molar refractivity (Wildman–Crippen MR) is 187 cm³/mol. The zero-order chi connectivity index (χ0) is 29.8. The molecule has 0 N–H and O–H groups in total. The Morgan fingerprint density at radius 3 is 1.36 bits per heavy atom.